The van der Waals surface area contributed by atoms with Gasteiger partial charge in [0.1, 0.15) is 31.5 Å². The van der Waals surface area contributed by atoms with E-state index in [1.54, 1.807) is 0 Å². The maximum absolute atomic E-state index is 12.1. The maximum atomic E-state index is 12.1. The molecule has 5 atom stereocenters. The van der Waals surface area contributed by atoms with Gasteiger partial charge in [-0.3, -0.25) is 27.7 Å². The zero-order valence-electron chi connectivity index (χ0n) is 37.6. The molecule has 0 saturated carbocycles. The third-order valence-electron chi connectivity index (χ3n) is 8.04. The number of hydrogen-bond donors (Lipinski definition) is 5. The minimum atomic E-state index is -4.81. The summed E-state index contributed by atoms with van der Waals surface area (Å²) in [6.07, 6.45) is 46.3. The molecular weight excluding hydrogens is 866 g/mol. The monoisotopic (exact) mass is 940 g/mol. The summed E-state index contributed by atoms with van der Waals surface area (Å²) < 4.78 is 52.8. The first kappa shape index (κ1) is 60.4. The van der Waals surface area contributed by atoms with Crippen LogP contribution in [0.3, 0.4) is 0 Å². The fraction of sp³-hybridized carbons (Fsp3) is 0.532. The van der Waals surface area contributed by atoms with Crippen LogP contribution in [0.2, 0.25) is 0 Å². The fourth-order valence-corrected chi connectivity index (χ4v) is 6.27. The average molecular weight is 941 g/mol. The Morgan fingerprint density at radius 3 is 1.20 bits per heavy atom. The Labute approximate surface area is 381 Å². The molecule has 0 aromatic carbocycles. The van der Waals surface area contributed by atoms with Gasteiger partial charge < -0.3 is 34.6 Å². The number of carbonyl (C=O) groups excluding carboxylic acids is 2. The SMILES string of the molecule is CC/C=C\C/C=C\C/C=C\C/C=C\C/C=C\CCCC(=O)OCC(O)COP(=O)(O)OCC(O)COP(=O)(O)OCC(O)COC(=O)CCCCC/C=C/C=C\C=C/C=C/C=C/CC. The molecule has 0 aliphatic rings. The first-order valence-electron chi connectivity index (χ1n) is 22.0. The summed E-state index contributed by atoms with van der Waals surface area (Å²) in [5, 5.41) is 30.0. The molecule has 0 amide bonds. The van der Waals surface area contributed by atoms with Crippen molar-refractivity contribution in [2.45, 2.75) is 122 Å². The Morgan fingerprint density at radius 2 is 0.766 bits per heavy atom. The van der Waals surface area contributed by atoms with Crippen LogP contribution in [0.4, 0.5) is 0 Å². The zero-order valence-corrected chi connectivity index (χ0v) is 39.4. The fourth-order valence-electron chi connectivity index (χ4n) is 4.68. The van der Waals surface area contributed by atoms with Crippen LogP contribution in [0.5, 0.6) is 0 Å². The molecule has 15 nitrogen and oxygen atoms in total. The molecule has 0 aromatic heterocycles. The minimum Gasteiger partial charge on any atom is -0.463 e. The van der Waals surface area contributed by atoms with E-state index in [1.165, 1.54) is 0 Å². The van der Waals surface area contributed by atoms with Crippen LogP contribution < -0.4 is 0 Å². The van der Waals surface area contributed by atoms with E-state index in [4.69, 9.17) is 9.47 Å². The van der Waals surface area contributed by atoms with Gasteiger partial charge in [0.25, 0.3) is 0 Å². The molecule has 0 radical (unpaired) electrons. The van der Waals surface area contributed by atoms with Gasteiger partial charge in [0.15, 0.2) is 0 Å². The van der Waals surface area contributed by atoms with Gasteiger partial charge in [0.2, 0.25) is 0 Å². The second kappa shape index (κ2) is 42.1. The van der Waals surface area contributed by atoms with Crippen LogP contribution in [0, 0.1) is 0 Å². The summed E-state index contributed by atoms with van der Waals surface area (Å²) in [7, 11) is -9.61. The van der Waals surface area contributed by atoms with Crippen molar-refractivity contribution in [2.24, 2.45) is 0 Å². The number of esters is 2. The van der Waals surface area contributed by atoms with Crippen LogP contribution in [0.15, 0.2) is 122 Å². The molecule has 0 aliphatic carbocycles. The molecule has 362 valence electrons. The van der Waals surface area contributed by atoms with Crippen LogP contribution >= 0.6 is 15.6 Å². The number of ether oxygens (including phenoxy) is 2. The summed E-state index contributed by atoms with van der Waals surface area (Å²) in [6.45, 7) is -0.0180. The van der Waals surface area contributed by atoms with Gasteiger partial charge in [-0.05, 0) is 70.6 Å². The number of aliphatic hydroxyl groups is 3. The Hall–Kier alpha value is -3.56. The van der Waals surface area contributed by atoms with Gasteiger partial charge in [-0.25, -0.2) is 9.13 Å². The molecule has 0 spiro atoms. The quantitative estimate of drug-likeness (QED) is 0.0127. The molecule has 0 saturated heterocycles. The smallest absolute Gasteiger partial charge is 0.463 e. The van der Waals surface area contributed by atoms with Crippen molar-refractivity contribution in [1.82, 2.24) is 0 Å². The van der Waals surface area contributed by atoms with E-state index in [0.29, 0.717) is 19.3 Å². The third-order valence-corrected chi connectivity index (χ3v) is 9.94. The standard InChI is InChI=1S/C47H74O15P2/c1-3-5-7-9-11-13-15-17-19-20-22-24-26-28-30-32-34-36-47(52)58-38-44(49)40-60-64(55,56)62-42-45(50)41-61-63(53,54)59-39-43(48)37-57-46(51)35-33-31-29-27-25-23-21-18-16-14-12-10-8-6-4-2/h5-8,10-14,16-19,21-25,28,30,43-45,48-50H,3-4,9,15,20,26-27,29,31-42H2,1-2H3,(H,53,54)(H,55,56)/b7-5-,8-6+,12-10+,13-11-,16-14-,19-17-,21-18-,24-22-,25-23+,30-28-. The van der Waals surface area contributed by atoms with Gasteiger partial charge in [-0.2, -0.15) is 0 Å². The van der Waals surface area contributed by atoms with E-state index in [2.05, 4.69) is 86.6 Å². The van der Waals surface area contributed by atoms with Crippen molar-refractivity contribution < 1.29 is 71.4 Å². The molecule has 5 N–H and O–H groups in total. The van der Waals surface area contributed by atoms with E-state index >= 15 is 0 Å². The lowest BCUT2D eigenvalue weighted by Crippen LogP contribution is -2.25. The first-order valence-corrected chi connectivity index (χ1v) is 24.9. The number of carbonyl (C=O) groups is 2. The molecule has 0 bridgehead atoms. The highest BCUT2D eigenvalue weighted by molar-refractivity contribution is 7.47. The topological polar surface area (TPSA) is 225 Å². The number of aliphatic hydroxyl groups excluding tert-OH is 3. The second-order valence-corrected chi connectivity index (χ2v) is 17.0. The molecule has 0 aromatic rings. The number of phosphoric acid groups is 2. The van der Waals surface area contributed by atoms with E-state index in [0.717, 1.165) is 57.8 Å². The molecule has 0 fully saturated rings. The number of allylic oxidation sites excluding steroid dienone is 20. The van der Waals surface area contributed by atoms with Crippen molar-refractivity contribution in [3.05, 3.63) is 122 Å². The summed E-state index contributed by atoms with van der Waals surface area (Å²) in [6, 6.07) is 0. The first-order chi connectivity index (χ1) is 30.8. The highest BCUT2D eigenvalue weighted by atomic mass is 31.2. The number of rotatable bonds is 40. The summed E-state index contributed by atoms with van der Waals surface area (Å²) >= 11 is 0. The van der Waals surface area contributed by atoms with Crippen LogP contribution in [0.1, 0.15) is 104 Å². The molecule has 17 heteroatoms. The van der Waals surface area contributed by atoms with Crippen LogP contribution in [-0.2, 0) is 46.3 Å². The molecule has 0 heterocycles. The lowest BCUT2D eigenvalue weighted by molar-refractivity contribution is -0.148. The van der Waals surface area contributed by atoms with Crippen molar-refractivity contribution in [3.63, 3.8) is 0 Å². The van der Waals surface area contributed by atoms with Gasteiger partial charge in [0, 0.05) is 12.8 Å². The van der Waals surface area contributed by atoms with E-state index < -0.39 is 85.5 Å². The Bertz CT molecular complexity index is 1610. The predicted molar refractivity (Wildman–Crippen MR) is 251 cm³/mol. The van der Waals surface area contributed by atoms with Gasteiger partial charge >= 0.3 is 27.6 Å². The van der Waals surface area contributed by atoms with E-state index in [1.807, 2.05) is 66.8 Å². The second-order valence-electron chi connectivity index (χ2n) is 14.1. The maximum Gasteiger partial charge on any atom is 0.472 e. The Balaban J connectivity index is 4.05. The van der Waals surface area contributed by atoms with Crippen LogP contribution in [0.25, 0.3) is 0 Å². The number of hydrogen-bond acceptors (Lipinski definition) is 13. The number of phosphoric ester groups is 2. The summed E-state index contributed by atoms with van der Waals surface area (Å²) in [4.78, 5) is 43.6. The minimum absolute atomic E-state index is 0.110. The zero-order chi connectivity index (χ0) is 47.4. The van der Waals surface area contributed by atoms with E-state index in [9.17, 15) is 43.8 Å². The molecule has 64 heavy (non-hydrogen) atoms. The molecule has 0 aliphatic heterocycles. The lowest BCUT2D eigenvalue weighted by atomic mass is 10.1. The normalized spacial score (nSPS) is 16.3. The summed E-state index contributed by atoms with van der Waals surface area (Å²) in [5.74, 6) is -1.10. The Morgan fingerprint density at radius 1 is 0.422 bits per heavy atom. The highest BCUT2D eigenvalue weighted by Gasteiger charge is 2.28. The Kier molecular flexibility index (Phi) is 39.8. The van der Waals surface area contributed by atoms with Gasteiger partial charge in [0.05, 0.1) is 26.4 Å². The molecule has 5 unspecified atom stereocenters. The average Bonchev–Trinajstić information content (AvgIpc) is 3.27. The lowest BCUT2D eigenvalue weighted by Gasteiger charge is -2.19. The molecular formula is C47H74O15P2. The largest absolute Gasteiger partial charge is 0.472 e. The van der Waals surface area contributed by atoms with Gasteiger partial charge in [-0.15, -0.1) is 0 Å². The van der Waals surface area contributed by atoms with E-state index in [-0.39, 0.29) is 12.8 Å². The third kappa shape index (κ3) is 43.7. The van der Waals surface area contributed by atoms with Crippen LogP contribution in [-0.4, -0.2) is 95.0 Å². The summed E-state index contributed by atoms with van der Waals surface area (Å²) in [5.41, 5.74) is 0. The van der Waals surface area contributed by atoms with Crippen molar-refractivity contribution in [2.75, 3.05) is 39.6 Å². The van der Waals surface area contributed by atoms with Crippen molar-refractivity contribution in [1.29, 1.82) is 0 Å². The van der Waals surface area contributed by atoms with Crippen molar-refractivity contribution >= 4 is 27.6 Å². The van der Waals surface area contributed by atoms with Gasteiger partial charge in [-0.1, -0.05) is 142 Å². The highest BCUT2D eigenvalue weighted by Crippen LogP contribution is 2.45. The molecule has 0 rings (SSSR count). The predicted octanol–water partition coefficient (Wildman–Crippen LogP) is 9.49. The van der Waals surface area contributed by atoms with Crippen molar-refractivity contribution in [3.8, 4) is 0 Å². The number of unbranched alkanes of at least 4 members (excludes halogenated alkanes) is 4.